The first-order valence-corrected chi connectivity index (χ1v) is 6.66. The highest BCUT2D eigenvalue weighted by molar-refractivity contribution is 5.77. The summed E-state index contributed by atoms with van der Waals surface area (Å²) in [7, 11) is 1.82. The van der Waals surface area contributed by atoms with Crippen LogP contribution in [0.3, 0.4) is 0 Å². The highest BCUT2D eigenvalue weighted by Crippen LogP contribution is 2.05. The normalized spacial score (nSPS) is 10.9. The van der Waals surface area contributed by atoms with Crippen molar-refractivity contribution < 1.29 is 9.21 Å². The van der Waals surface area contributed by atoms with Gasteiger partial charge in [0.05, 0.1) is 19.4 Å². The minimum absolute atomic E-state index is 0.147. The Morgan fingerprint density at radius 3 is 2.44 bits per heavy atom. The van der Waals surface area contributed by atoms with E-state index in [0.717, 1.165) is 31.7 Å². The van der Waals surface area contributed by atoms with E-state index in [1.54, 1.807) is 11.2 Å². The van der Waals surface area contributed by atoms with E-state index in [-0.39, 0.29) is 5.91 Å². The van der Waals surface area contributed by atoms with Crippen molar-refractivity contribution in [1.82, 2.24) is 9.80 Å². The molecule has 0 fully saturated rings. The maximum Gasteiger partial charge on any atom is 0.236 e. The van der Waals surface area contributed by atoms with Gasteiger partial charge in [-0.15, -0.1) is 0 Å². The molecule has 0 aliphatic rings. The van der Waals surface area contributed by atoms with Crippen LogP contribution in [0.15, 0.2) is 22.8 Å². The third-order valence-electron chi connectivity index (χ3n) is 2.84. The summed E-state index contributed by atoms with van der Waals surface area (Å²) in [6.07, 6.45) is 3.79. The molecule has 0 radical (unpaired) electrons. The summed E-state index contributed by atoms with van der Waals surface area (Å²) >= 11 is 0. The smallest absolute Gasteiger partial charge is 0.236 e. The molecular weight excluding hydrogens is 228 g/mol. The molecule has 1 rings (SSSR count). The van der Waals surface area contributed by atoms with Crippen LogP contribution >= 0.6 is 0 Å². The lowest BCUT2D eigenvalue weighted by atomic mass is 10.3. The van der Waals surface area contributed by atoms with Crippen LogP contribution in [0.2, 0.25) is 0 Å². The summed E-state index contributed by atoms with van der Waals surface area (Å²) in [5.74, 6) is 0.969. The van der Waals surface area contributed by atoms with Crippen LogP contribution in [-0.2, 0) is 11.3 Å². The summed E-state index contributed by atoms with van der Waals surface area (Å²) in [6.45, 7) is 7.28. The maximum absolute atomic E-state index is 12.1. The average Bonchev–Trinajstić information content (AvgIpc) is 2.82. The van der Waals surface area contributed by atoms with Gasteiger partial charge >= 0.3 is 0 Å². The Hall–Kier alpha value is -1.29. The van der Waals surface area contributed by atoms with E-state index in [1.165, 1.54) is 0 Å². The van der Waals surface area contributed by atoms with Gasteiger partial charge in [0.25, 0.3) is 0 Å². The van der Waals surface area contributed by atoms with Gasteiger partial charge in [0, 0.05) is 7.05 Å². The van der Waals surface area contributed by atoms with Crippen molar-refractivity contribution in [3.05, 3.63) is 24.2 Å². The minimum atomic E-state index is 0.147. The summed E-state index contributed by atoms with van der Waals surface area (Å²) in [4.78, 5) is 16.0. The summed E-state index contributed by atoms with van der Waals surface area (Å²) < 4.78 is 5.25. The van der Waals surface area contributed by atoms with Crippen LogP contribution in [-0.4, -0.2) is 42.4 Å². The van der Waals surface area contributed by atoms with Crippen molar-refractivity contribution >= 4 is 5.91 Å². The zero-order chi connectivity index (χ0) is 13.4. The topological polar surface area (TPSA) is 36.7 Å². The fourth-order valence-electron chi connectivity index (χ4n) is 1.94. The van der Waals surface area contributed by atoms with Gasteiger partial charge in [-0.25, -0.2) is 0 Å². The molecule has 0 bridgehead atoms. The Kier molecular flexibility index (Phi) is 6.50. The predicted octanol–water partition coefficient (Wildman–Crippen LogP) is 2.36. The number of carbonyl (C=O) groups is 1. The van der Waals surface area contributed by atoms with Crippen LogP contribution in [0.4, 0.5) is 0 Å². The molecule has 0 spiro atoms. The van der Waals surface area contributed by atoms with E-state index < -0.39 is 0 Å². The fraction of sp³-hybridized carbons (Fsp3) is 0.643. The first kappa shape index (κ1) is 14.8. The Bertz CT molecular complexity index is 330. The van der Waals surface area contributed by atoms with Gasteiger partial charge < -0.3 is 9.32 Å². The highest BCUT2D eigenvalue weighted by atomic mass is 16.3. The third kappa shape index (κ3) is 4.92. The van der Waals surface area contributed by atoms with Crippen molar-refractivity contribution in [2.75, 3.05) is 26.7 Å². The van der Waals surface area contributed by atoms with Crippen molar-refractivity contribution in [1.29, 1.82) is 0 Å². The van der Waals surface area contributed by atoms with Crippen LogP contribution in [0.1, 0.15) is 32.4 Å². The molecule has 0 unspecified atom stereocenters. The molecule has 0 saturated carbocycles. The van der Waals surface area contributed by atoms with Gasteiger partial charge in [-0.2, -0.15) is 0 Å². The Morgan fingerprint density at radius 2 is 1.94 bits per heavy atom. The fourth-order valence-corrected chi connectivity index (χ4v) is 1.94. The lowest BCUT2D eigenvalue weighted by Crippen LogP contribution is -2.38. The second-order valence-corrected chi connectivity index (χ2v) is 4.61. The van der Waals surface area contributed by atoms with Crippen LogP contribution in [0.5, 0.6) is 0 Å². The first-order valence-electron chi connectivity index (χ1n) is 6.66. The van der Waals surface area contributed by atoms with E-state index in [2.05, 4.69) is 18.7 Å². The van der Waals surface area contributed by atoms with Crippen LogP contribution in [0, 0.1) is 0 Å². The second kappa shape index (κ2) is 7.93. The van der Waals surface area contributed by atoms with Gasteiger partial charge in [-0.1, -0.05) is 13.8 Å². The molecule has 0 atom stereocenters. The molecule has 0 N–H and O–H groups in total. The van der Waals surface area contributed by atoms with E-state index in [0.29, 0.717) is 13.1 Å². The zero-order valence-corrected chi connectivity index (χ0v) is 11.7. The zero-order valence-electron chi connectivity index (χ0n) is 11.7. The van der Waals surface area contributed by atoms with Gasteiger partial charge in [0.1, 0.15) is 5.76 Å². The summed E-state index contributed by atoms with van der Waals surface area (Å²) in [6, 6.07) is 3.73. The quantitative estimate of drug-likeness (QED) is 0.712. The van der Waals surface area contributed by atoms with Crippen molar-refractivity contribution in [2.45, 2.75) is 33.2 Å². The number of carbonyl (C=O) groups excluding carboxylic acids is 1. The third-order valence-corrected chi connectivity index (χ3v) is 2.84. The minimum Gasteiger partial charge on any atom is -0.467 e. The molecule has 1 aromatic heterocycles. The maximum atomic E-state index is 12.1. The van der Waals surface area contributed by atoms with E-state index >= 15 is 0 Å². The standard InChI is InChI=1S/C14H24N2O2/c1-4-8-16(9-5-2)12-14(17)15(3)11-13-7-6-10-18-13/h6-7,10H,4-5,8-9,11-12H2,1-3H3. The Balaban J connectivity index is 2.42. The predicted molar refractivity (Wildman–Crippen MR) is 72.2 cm³/mol. The highest BCUT2D eigenvalue weighted by Gasteiger charge is 2.14. The lowest BCUT2D eigenvalue weighted by Gasteiger charge is -2.23. The van der Waals surface area contributed by atoms with Crippen LogP contribution < -0.4 is 0 Å². The van der Waals surface area contributed by atoms with E-state index in [9.17, 15) is 4.79 Å². The first-order chi connectivity index (χ1) is 8.67. The molecule has 18 heavy (non-hydrogen) atoms. The number of hydrogen-bond acceptors (Lipinski definition) is 3. The molecule has 4 nitrogen and oxygen atoms in total. The molecule has 0 aliphatic heterocycles. The largest absolute Gasteiger partial charge is 0.467 e. The van der Waals surface area contributed by atoms with Gasteiger partial charge in [-0.3, -0.25) is 9.69 Å². The second-order valence-electron chi connectivity index (χ2n) is 4.61. The molecule has 1 amide bonds. The van der Waals surface area contributed by atoms with Crippen molar-refractivity contribution in [2.24, 2.45) is 0 Å². The van der Waals surface area contributed by atoms with E-state index in [4.69, 9.17) is 4.42 Å². The molecule has 0 aromatic carbocycles. The Labute approximate surface area is 110 Å². The molecule has 0 aliphatic carbocycles. The van der Waals surface area contributed by atoms with Gasteiger partial charge in [0.2, 0.25) is 5.91 Å². The number of amides is 1. The average molecular weight is 252 g/mol. The monoisotopic (exact) mass is 252 g/mol. The summed E-state index contributed by atoms with van der Waals surface area (Å²) in [5.41, 5.74) is 0. The van der Waals surface area contributed by atoms with Crippen molar-refractivity contribution in [3.8, 4) is 0 Å². The number of rotatable bonds is 8. The van der Waals surface area contributed by atoms with Crippen molar-refractivity contribution in [3.63, 3.8) is 0 Å². The van der Waals surface area contributed by atoms with E-state index in [1.807, 2.05) is 19.2 Å². The lowest BCUT2D eigenvalue weighted by molar-refractivity contribution is -0.131. The number of hydrogen-bond donors (Lipinski definition) is 0. The molecule has 4 heteroatoms. The number of furan rings is 1. The van der Waals surface area contributed by atoms with Gasteiger partial charge in [-0.05, 0) is 38.1 Å². The summed E-state index contributed by atoms with van der Waals surface area (Å²) in [5, 5.41) is 0. The molecular formula is C14H24N2O2. The molecule has 1 heterocycles. The van der Waals surface area contributed by atoms with Crippen LogP contribution in [0.25, 0.3) is 0 Å². The molecule has 102 valence electrons. The SMILES string of the molecule is CCCN(CCC)CC(=O)N(C)Cc1ccco1. The number of likely N-dealkylation sites (N-methyl/N-ethyl adjacent to an activating group) is 1. The molecule has 1 aromatic rings. The Morgan fingerprint density at radius 1 is 1.28 bits per heavy atom. The molecule has 0 saturated heterocycles. The number of nitrogens with zero attached hydrogens (tertiary/aromatic N) is 2. The van der Waals surface area contributed by atoms with Gasteiger partial charge in [0.15, 0.2) is 0 Å².